The molecule has 0 aromatic carbocycles. The summed E-state index contributed by atoms with van der Waals surface area (Å²) in [5.41, 5.74) is 0. The van der Waals surface area contributed by atoms with Crippen LogP contribution in [0.3, 0.4) is 0 Å². The largest absolute Gasteiger partial charge is 0.391 e. The number of thiophene rings is 1. The standard InChI is InChI=1S/C12H19NO4S2/c1-2-11-9(5-6-17-11)7-13-19(15,16)12-4-3-10(8-14)18-12/h3-4,9,11,13-14H,2,5-8H2,1H3. The van der Waals surface area contributed by atoms with Gasteiger partial charge in [0.15, 0.2) is 0 Å². The molecule has 0 aliphatic carbocycles. The second-order valence-corrected chi connectivity index (χ2v) is 7.76. The Morgan fingerprint density at radius 2 is 2.32 bits per heavy atom. The van der Waals surface area contributed by atoms with Crippen LogP contribution in [0.5, 0.6) is 0 Å². The molecule has 0 amide bonds. The van der Waals surface area contributed by atoms with Gasteiger partial charge >= 0.3 is 0 Å². The van der Waals surface area contributed by atoms with E-state index in [-0.39, 0.29) is 22.8 Å². The third-order valence-electron chi connectivity index (χ3n) is 3.34. The molecule has 1 aromatic heterocycles. The molecule has 7 heteroatoms. The fourth-order valence-corrected chi connectivity index (χ4v) is 4.61. The van der Waals surface area contributed by atoms with Gasteiger partial charge < -0.3 is 9.84 Å². The molecule has 0 spiro atoms. The summed E-state index contributed by atoms with van der Waals surface area (Å²) in [5.74, 6) is 0.247. The third kappa shape index (κ3) is 3.55. The van der Waals surface area contributed by atoms with Gasteiger partial charge in [-0.1, -0.05) is 6.92 Å². The number of hydrogen-bond donors (Lipinski definition) is 2. The van der Waals surface area contributed by atoms with Crippen molar-refractivity contribution in [2.45, 2.75) is 36.7 Å². The van der Waals surface area contributed by atoms with Crippen molar-refractivity contribution in [3.05, 3.63) is 17.0 Å². The van der Waals surface area contributed by atoms with Crippen molar-refractivity contribution < 1.29 is 18.3 Å². The van der Waals surface area contributed by atoms with Crippen molar-refractivity contribution in [2.24, 2.45) is 5.92 Å². The molecular formula is C12H19NO4S2. The van der Waals surface area contributed by atoms with Crippen LogP contribution in [-0.4, -0.2) is 32.8 Å². The maximum absolute atomic E-state index is 12.1. The molecular weight excluding hydrogens is 286 g/mol. The zero-order valence-corrected chi connectivity index (χ0v) is 12.5. The molecule has 0 saturated carbocycles. The molecule has 108 valence electrons. The maximum Gasteiger partial charge on any atom is 0.250 e. The summed E-state index contributed by atoms with van der Waals surface area (Å²) in [6, 6.07) is 3.16. The maximum atomic E-state index is 12.1. The molecule has 1 aromatic rings. The predicted molar refractivity (Wildman–Crippen MR) is 73.6 cm³/mol. The van der Waals surface area contributed by atoms with E-state index in [1.165, 1.54) is 6.07 Å². The van der Waals surface area contributed by atoms with Crippen LogP contribution in [0.15, 0.2) is 16.3 Å². The number of aliphatic hydroxyl groups is 1. The van der Waals surface area contributed by atoms with Crippen molar-refractivity contribution in [1.29, 1.82) is 0 Å². The molecule has 2 N–H and O–H groups in total. The van der Waals surface area contributed by atoms with Crippen molar-refractivity contribution in [3.8, 4) is 0 Å². The molecule has 19 heavy (non-hydrogen) atoms. The summed E-state index contributed by atoms with van der Waals surface area (Å²) in [6.07, 6.45) is 1.95. The Balaban J connectivity index is 1.97. The lowest BCUT2D eigenvalue weighted by Crippen LogP contribution is -2.32. The molecule has 0 radical (unpaired) electrons. The monoisotopic (exact) mass is 305 g/mol. The molecule has 2 atom stereocenters. The van der Waals surface area contributed by atoms with E-state index < -0.39 is 10.0 Å². The third-order valence-corrected chi connectivity index (χ3v) is 6.33. The summed E-state index contributed by atoms with van der Waals surface area (Å²) in [4.78, 5) is 0.649. The predicted octanol–water partition coefficient (Wildman–Crippen LogP) is 1.33. The number of sulfonamides is 1. The van der Waals surface area contributed by atoms with Gasteiger partial charge in [0.25, 0.3) is 0 Å². The van der Waals surface area contributed by atoms with E-state index in [1.807, 2.05) is 6.92 Å². The van der Waals surface area contributed by atoms with Crippen LogP contribution in [0.25, 0.3) is 0 Å². The van der Waals surface area contributed by atoms with E-state index in [4.69, 9.17) is 9.84 Å². The van der Waals surface area contributed by atoms with E-state index >= 15 is 0 Å². The second-order valence-electron chi connectivity index (χ2n) is 4.60. The van der Waals surface area contributed by atoms with Gasteiger partial charge in [0.05, 0.1) is 12.7 Å². The first kappa shape index (κ1) is 14.9. The van der Waals surface area contributed by atoms with Crippen molar-refractivity contribution in [3.63, 3.8) is 0 Å². The van der Waals surface area contributed by atoms with Crippen LogP contribution in [0.1, 0.15) is 24.6 Å². The van der Waals surface area contributed by atoms with Gasteiger partial charge in [0, 0.05) is 23.9 Å². The first-order chi connectivity index (χ1) is 9.06. The van der Waals surface area contributed by atoms with Crippen molar-refractivity contribution in [2.75, 3.05) is 13.2 Å². The number of aliphatic hydroxyl groups excluding tert-OH is 1. The van der Waals surface area contributed by atoms with E-state index in [2.05, 4.69) is 4.72 Å². The van der Waals surface area contributed by atoms with Gasteiger partial charge in [-0.25, -0.2) is 13.1 Å². The summed E-state index contributed by atoms with van der Waals surface area (Å²) < 4.78 is 32.6. The lowest BCUT2D eigenvalue weighted by Gasteiger charge is -2.16. The molecule has 1 saturated heterocycles. The quantitative estimate of drug-likeness (QED) is 0.831. The highest BCUT2D eigenvalue weighted by molar-refractivity contribution is 7.91. The Morgan fingerprint density at radius 3 is 2.95 bits per heavy atom. The molecule has 2 heterocycles. The Bertz CT molecular complexity index is 512. The SMILES string of the molecule is CCC1OCCC1CNS(=O)(=O)c1ccc(CO)s1. The Hall–Kier alpha value is -0.470. The van der Waals surface area contributed by atoms with Crippen LogP contribution in [0, 0.1) is 5.92 Å². The molecule has 0 bridgehead atoms. The topological polar surface area (TPSA) is 75.6 Å². The fourth-order valence-electron chi connectivity index (χ4n) is 2.25. The lowest BCUT2D eigenvalue weighted by molar-refractivity contribution is 0.0884. The Labute approximate surface area is 117 Å². The number of hydrogen-bond acceptors (Lipinski definition) is 5. The summed E-state index contributed by atoms with van der Waals surface area (Å²) in [7, 11) is -3.47. The molecule has 1 fully saturated rings. The smallest absolute Gasteiger partial charge is 0.250 e. The van der Waals surface area contributed by atoms with Crippen molar-refractivity contribution in [1.82, 2.24) is 4.72 Å². The summed E-state index contributed by atoms with van der Waals surface area (Å²) in [6.45, 7) is 3.03. The van der Waals surface area contributed by atoms with E-state index in [9.17, 15) is 8.42 Å². The minimum Gasteiger partial charge on any atom is -0.391 e. The molecule has 1 aliphatic rings. The van der Waals surface area contributed by atoms with Gasteiger partial charge in [0.1, 0.15) is 4.21 Å². The van der Waals surface area contributed by atoms with Gasteiger partial charge in [-0.15, -0.1) is 11.3 Å². The highest BCUT2D eigenvalue weighted by atomic mass is 32.2. The first-order valence-corrected chi connectivity index (χ1v) is 8.67. The zero-order chi connectivity index (χ0) is 13.9. The highest BCUT2D eigenvalue weighted by Gasteiger charge is 2.28. The molecule has 2 rings (SSSR count). The van der Waals surface area contributed by atoms with Gasteiger partial charge in [-0.3, -0.25) is 0 Å². The van der Waals surface area contributed by atoms with Crippen molar-refractivity contribution >= 4 is 21.4 Å². The summed E-state index contributed by atoms with van der Waals surface area (Å²) >= 11 is 1.10. The van der Waals surface area contributed by atoms with Crippen LogP contribution < -0.4 is 4.72 Å². The minimum atomic E-state index is -3.47. The Morgan fingerprint density at radius 1 is 1.53 bits per heavy atom. The number of nitrogens with one attached hydrogen (secondary N) is 1. The van der Waals surface area contributed by atoms with Gasteiger partial charge in [-0.05, 0) is 25.0 Å². The highest BCUT2D eigenvalue weighted by Crippen LogP contribution is 2.25. The average molecular weight is 305 g/mol. The zero-order valence-electron chi connectivity index (χ0n) is 10.8. The summed E-state index contributed by atoms with van der Waals surface area (Å²) in [5, 5.41) is 8.96. The number of ether oxygens (including phenoxy) is 1. The molecule has 2 unspecified atom stereocenters. The van der Waals surface area contributed by atoms with E-state index in [0.29, 0.717) is 18.0 Å². The van der Waals surface area contributed by atoms with Crippen LogP contribution in [0.2, 0.25) is 0 Å². The normalized spacial score (nSPS) is 23.9. The van der Waals surface area contributed by atoms with Crippen LogP contribution in [-0.2, 0) is 21.4 Å². The van der Waals surface area contributed by atoms with Gasteiger partial charge in [-0.2, -0.15) is 0 Å². The number of rotatable bonds is 6. The minimum absolute atomic E-state index is 0.130. The molecule has 1 aliphatic heterocycles. The van der Waals surface area contributed by atoms with Crippen LogP contribution >= 0.6 is 11.3 Å². The second kappa shape index (κ2) is 6.32. The van der Waals surface area contributed by atoms with Crippen LogP contribution in [0.4, 0.5) is 0 Å². The average Bonchev–Trinajstić information content (AvgIpc) is 3.05. The first-order valence-electron chi connectivity index (χ1n) is 6.37. The Kier molecular flexibility index (Phi) is 4.97. The fraction of sp³-hybridized carbons (Fsp3) is 0.667. The lowest BCUT2D eigenvalue weighted by atomic mass is 10.0. The molecule has 5 nitrogen and oxygen atoms in total. The van der Waals surface area contributed by atoms with E-state index in [0.717, 1.165) is 24.2 Å². The van der Waals surface area contributed by atoms with E-state index in [1.54, 1.807) is 6.07 Å². The van der Waals surface area contributed by atoms with Gasteiger partial charge in [0.2, 0.25) is 10.0 Å².